The van der Waals surface area contributed by atoms with Gasteiger partial charge < -0.3 is 10.1 Å². The van der Waals surface area contributed by atoms with Crippen LogP contribution < -0.4 is 5.32 Å². The number of aryl methyl sites for hydroxylation is 2. The predicted octanol–water partition coefficient (Wildman–Crippen LogP) is 5.52. The van der Waals surface area contributed by atoms with E-state index in [1.165, 1.54) is 11.3 Å². The highest BCUT2D eigenvalue weighted by Crippen LogP contribution is 2.42. The molecule has 0 fully saturated rings. The van der Waals surface area contributed by atoms with Gasteiger partial charge in [-0.2, -0.15) is 0 Å². The molecule has 0 aliphatic rings. The lowest BCUT2D eigenvalue weighted by molar-refractivity contribution is 0.0529. The maximum absolute atomic E-state index is 12.7. The number of hydrogen-bond acceptors (Lipinski definition) is 5. The number of carbonyl (C=O) groups is 2. The van der Waals surface area contributed by atoms with Crippen molar-refractivity contribution in [3.8, 4) is 10.4 Å². The average molecular weight is 386 g/mol. The molecule has 1 amide bonds. The molecule has 3 rings (SSSR count). The average Bonchev–Trinajstić information content (AvgIpc) is 3.22. The number of amides is 1. The zero-order valence-electron chi connectivity index (χ0n) is 14.8. The molecule has 0 aliphatic heterocycles. The molecule has 0 saturated carbocycles. The summed E-state index contributed by atoms with van der Waals surface area (Å²) >= 11 is 2.95. The van der Waals surface area contributed by atoms with Crippen LogP contribution in [-0.2, 0) is 4.74 Å². The van der Waals surface area contributed by atoms with Gasteiger partial charge in [-0.3, -0.25) is 4.79 Å². The first kappa shape index (κ1) is 18.4. The Bertz CT molecular complexity index is 942. The largest absolute Gasteiger partial charge is 0.462 e. The molecule has 134 valence electrons. The Morgan fingerprint density at radius 2 is 1.88 bits per heavy atom. The minimum Gasteiger partial charge on any atom is -0.462 e. The Labute approximate surface area is 160 Å². The third-order valence-electron chi connectivity index (χ3n) is 3.95. The standard InChI is InChI=1S/C20H19NO3S2/c1-4-24-20(23)17-16(15-10-7-11-25-15)13(3)26-19(17)21-18(22)14-9-6-5-8-12(14)2/h5-11H,4H2,1-3H3,(H,21,22). The second-order valence-electron chi connectivity index (χ2n) is 5.70. The summed E-state index contributed by atoms with van der Waals surface area (Å²) in [6, 6.07) is 11.3. The fraction of sp³-hybridized carbons (Fsp3) is 0.200. The number of anilines is 1. The highest BCUT2D eigenvalue weighted by Gasteiger charge is 2.26. The Morgan fingerprint density at radius 1 is 1.12 bits per heavy atom. The second-order valence-corrected chi connectivity index (χ2v) is 7.88. The molecule has 0 bridgehead atoms. The number of esters is 1. The molecule has 6 heteroatoms. The van der Waals surface area contributed by atoms with Crippen molar-refractivity contribution >= 4 is 39.6 Å². The molecule has 26 heavy (non-hydrogen) atoms. The van der Waals surface area contributed by atoms with Gasteiger partial charge in [-0.1, -0.05) is 24.3 Å². The Kier molecular flexibility index (Phi) is 5.54. The fourth-order valence-corrected chi connectivity index (χ4v) is 4.70. The van der Waals surface area contributed by atoms with Gasteiger partial charge in [-0.05, 0) is 43.8 Å². The normalized spacial score (nSPS) is 10.6. The van der Waals surface area contributed by atoms with Crippen molar-refractivity contribution in [2.75, 3.05) is 11.9 Å². The molecular weight excluding hydrogens is 366 g/mol. The van der Waals surface area contributed by atoms with E-state index in [1.807, 2.05) is 49.6 Å². The van der Waals surface area contributed by atoms with Crippen molar-refractivity contribution in [2.24, 2.45) is 0 Å². The summed E-state index contributed by atoms with van der Waals surface area (Å²) in [6.07, 6.45) is 0. The molecular formula is C20H19NO3S2. The van der Waals surface area contributed by atoms with Gasteiger partial charge in [0.15, 0.2) is 0 Å². The third-order valence-corrected chi connectivity index (χ3v) is 5.86. The van der Waals surface area contributed by atoms with E-state index in [9.17, 15) is 9.59 Å². The van der Waals surface area contributed by atoms with E-state index in [4.69, 9.17) is 4.74 Å². The summed E-state index contributed by atoms with van der Waals surface area (Å²) in [7, 11) is 0. The lowest BCUT2D eigenvalue weighted by Crippen LogP contribution is -2.15. The minimum absolute atomic E-state index is 0.229. The molecule has 0 radical (unpaired) electrons. The summed E-state index contributed by atoms with van der Waals surface area (Å²) in [5, 5.41) is 5.40. The summed E-state index contributed by atoms with van der Waals surface area (Å²) in [6.45, 7) is 5.89. The first-order chi connectivity index (χ1) is 12.5. The van der Waals surface area contributed by atoms with Gasteiger partial charge >= 0.3 is 5.97 Å². The van der Waals surface area contributed by atoms with Crippen molar-refractivity contribution in [3.05, 3.63) is 63.3 Å². The molecule has 0 atom stereocenters. The number of benzene rings is 1. The Hall–Kier alpha value is -2.44. The molecule has 1 aromatic carbocycles. The van der Waals surface area contributed by atoms with Crippen LogP contribution in [0.2, 0.25) is 0 Å². The van der Waals surface area contributed by atoms with Crippen molar-refractivity contribution in [3.63, 3.8) is 0 Å². The minimum atomic E-state index is -0.416. The lowest BCUT2D eigenvalue weighted by Gasteiger charge is -2.09. The summed E-state index contributed by atoms with van der Waals surface area (Å²) < 4.78 is 5.25. The lowest BCUT2D eigenvalue weighted by atomic mass is 10.1. The van der Waals surface area contributed by atoms with Crippen molar-refractivity contribution in [2.45, 2.75) is 20.8 Å². The van der Waals surface area contributed by atoms with Crippen molar-refractivity contribution in [1.29, 1.82) is 0 Å². The van der Waals surface area contributed by atoms with Crippen LogP contribution in [0, 0.1) is 13.8 Å². The van der Waals surface area contributed by atoms with Crippen LogP contribution in [0.4, 0.5) is 5.00 Å². The Balaban J connectivity index is 2.04. The Morgan fingerprint density at radius 3 is 2.54 bits per heavy atom. The van der Waals surface area contributed by atoms with Crippen LogP contribution in [0.15, 0.2) is 41.8 Å². The van der Waals surface area contributed by atoms with Crippen LogP contribution in [0.3, 0.4) is 0 Å². The van der Waals surface area contributed by atoms with Crippen molar-refractivity contribution in [1.82, 2.24) is 0 Å². The topological polar surface area (TPSA) is 55.4 Å². The van der Waals surface area contributed by atoms with Gasteiger partial charge in [0.1, 0.15) is 10.6 Å². The van der Waals surface area contributed by atoms with E-state index in [0.717, 1.165) is 20.9 Å². The third kappa shape index (κ3) is 3.57. The number of rotatable bonds is 5. The van der Waals surface area contributed by atoms with Crippen LogP contribution >= 0.6 is 22.7 Å². The zero-order valence-corrected chi connectivity index (χ0v) is 16.4. The number of carbonyl (C=O) groups excluding carboxylic acids is 2. The van der Waals surface area contributed by atoms with Gasteiger partial charge in [-0.25, -0.2) is 4.79 Å². The molecule has 2 aromatic heterocycles. The summed E-state index contributed by atoms with van der Waals surface area (Å²) in [4.78, 5) is 27.3. The highest BCUT2D eigenvalue weighted by molar-refractivity contribution is 7.18. The van der Waals surface area contributed by atoms with Gasteiger partial charge in [0.25, 0.3) is 5.91 Å². The summed E-state index contributed by atoms with van der Waals surface area (Å²) in [5.41, 5.74) is 2.74. The number of hydrogen-bond donors (Lipinski definition) is 1. The molecule has 0 saturated heterocycles. The predicted molar refractivity (Wildman–Crippen MR) is 107 cm³/mol. The molecule has 0 spiro atoms. The number of thiophene rings is 2. The van der Waals surface area contributed by atoms with E-state index in [1.54, 1.807) is 24.3 Å². The quantitative estimate of drug-likeness (QED) is 0.588. The first-order valence-corrected chi connectivity index (χ1v) is 9.94. The maximum atomic E-state index is 12.7. The molecule has 4 nitrogen and oxygen atoms in total. The molecule has 0 aliphatic carbocycles. The van der Waals surface area contributed by atoms with Gasteiger partial charge in [0.2, 0.25) is 0 Å². The first-order valence-electron chi connectivity index (χ1n) is 8.24. The molecule has 2 heterocycles. The molecule has 3 aromatic rings. The van der Waals surface area contributed by atoms with Crippen LogP contribution in [0.1, 0.15) is 38.1 Å². The summed E-state index contributed by atoms with van der Waals surface area (Å²) in [5.74, 6) is -0.645. The van der Waals surface area contributed by atoms with Gasteiger partial charge in [0.05, 0.1) is 6.61 Å². The van der Waals surface area contributed by atoms with E-state index in [-0.39, 0.29) is 12.5 Å². The molecule has 1 N–H and O–H groups in total. The van der Waals surface area contributed by atoms with Crippen LogP contribution in [-0.4, -0.2) is 18.5 Å². The van der Waals surface area contributed by atoms with Gasteiger partial charge in [0, 0.05) is 20.9 Å². The molecule has 0 unspecified atom stereocenters. The highest BCUT2D eigenvalue weighted by atomic mass is 32.1. The number of ether oxygens (including phenoxy) is 1. The van der Waals surface area contributed by atoms with E-state index >= 15 is 0 Å². The van der Waals surface area contributed by atoms with E-state index in [0.29, 0.717) is 16.1 Å². The van der Waals surface area contributed by atoms with Crippen molar-refractivity contribution < 1.29 is 14.3 Å². The van der Waals surface area contributed by atoms with Crippen LogP contribution in [0.25, 0.3) is 10.4 Å². The SMILES string of the molecule is CCOC(=O)c1c(NC(=O)c2ccccc2C)sc(C)c1-c1cccs1. The van der Waals surface area contributed by atoms with E-state index in [2.05, 4.69) is 5.32 Å². The number of nitrogens with one attached hydrogen (secondary N) is 1. The van der Waals surface area contributed by atoms with Gasteiger partial charge in [-0.15, -0.1) is 22.7 Å². The maximum Gasteiger partial charge on any atom is 0.341 e. The smallest absolute Gasteiger partial charge is 0.341 e. The zero-order chi connectivity index (χ0) is 18.7. The fourth-order valence-electron chi connectivity index (χ4n) is 2.75. The van der Waals surface area contributed by atoms with Crippen LogP contribution in [0.5, 0.6) is 0 Å². The monoisotopic (exact) mass is 385 g/mol. The van der Waals surface area contributed by atoms with E-state index < -0.39 is 5.97 Å². The second kappa shape index (κ2) is 7.85.